The molecule has 88 valence electrons. The van der Waals surface area contributed by atoms with Crippen LogP contribution in [0.15, 0.2) is 30.3 Å². The summed E-state index contributed by atoms with van der Waals surface area (Å²) in [6.45, 7) is 2.70. The molecule has 1 fully saturated rings. The first-order valence-corrected chi connectivity index (χ1v) is 6.33. The fourth-order valence-electron chi connectivity index (χ4n) is 2.21. The van der Waals surface area contributed by atoms with E-state index < -0.39 is 0 Å². The molecule has 0 amide bonds. The van der Waals surface area contributed by atoms with Gasteiger partial charge in [0.15, 0.2) is 0 Å². The van der Waals surface area contributed by atoms with Crippen LogP contribution in [0.1, 0.15) is 12.0 Å². The molecule has 1 aliphatic rings. The fraction of sp³-hybridized carbons (Fsp3) is 0.538. The summed E-state index contributed by atoms with van der Waals surface area (Å²) in [6.07, 6.45) is 0.729. The van der Waals surface area contributed by atoms with Gasteiger partial charge in [-0.1, -0.05) is 30.3 Å². The van der Waals surface area contributed by atoms with Gasteiger partial charge in [0.2, 0.25) is 0 Å². The monoisotopic (exact) mass is 239 g/mol. The molecule has 1 aromatic rings. The first-order valence-electron chi connectivity index (χ1n) is 5.80. The molecule has 1 aromatic carbocycles. The van der Waals surface area contributed by atoms with Crippen molar-refractivity contribution in [3.05, 3.63) is 35.9 Å². The zero-order valence-corrected chi connectivity index (χ0v) is 10.1. The Morgan fingerprint density at radius 3 is 2.69 bits per heavy atom. The van der Waals surface area contributed by atoms with Crippen LogP contribution in [0.4, 0.5) is 0 Å². The maximum atomic E-state index is 9.89. The minimum Gasteiger partial charge on any atom is -0.391 e. The van der Waals surface area contributed by atoms with Crippen molar-refractivity contribution in [1.82, 2.24) is 4.90 Å². The average molecular weight is 240 g/mol. The maximum Gasteiger partial charge on any atom is 0.0707 e. The van der Waals surface area contributed by atoms with Crippen LogP contribution in [0.2, 0.25) is 0 Å². The van der Waals surface area contributed by atoms with Crippen molar-refractivity contribution in [2.75, 3.05) is 19.0 Å². The standard InChI is InChI=1S/C13H18ClNO/c14-8-12-6-7-15(10-13(12)16)9-11-4-2-1-3-5-11/h1-5,12-13,16H,6-10H2/t12-,13+/m1/s1. The highest BCUT2D eigenvalue weighted by Crippen LogP contribution is 2.20. The second-order valence-electron chi connectivity index (χ2n) is 4.49. The molecule has 1 heterocycles. The van der Waals surface area contributed by atoms with Crippen LogP contribution in [-0.2, 0) is 6.54 Å². The Kier molecular flexibility index (Phi) is 4.22. The van der Waals surface area contributed by atoms with Gasteiger partial charge in [-0.15, -0.1) is 11.6 Å². The Bertz CT molecular complexity index is 317. The molecule has 1 saturated heterocycles. The van der Waals surface area contributed by atoms with E-state index in [0.717, 1.165) is 26.1 Å². The van der Waals surface area contributed by atoms with Crippen molar-refractivity contribution in [2.24, 2.45) is 5.92 Å². The SMILES string of the molecule is O[C@H]1CN(Cc2ccccc2)CC[C@@H]1CCl. The molecule has 0 spiro atoms. The van der Waals surface area contributed by atoms with E-state index in [4.69, 9.17) is 11.6 Å². The molecule has 16 heavy (non-hydrogen) atoms. The molecule has 2 nitrogen and oxygen atoms in total. The van der Waals surface area contributed by atoms with E-state index in [1.165, 1.54) is 5.56 Å². The van der Waals surface area contributed by atoms with Gasteiger partial charge in [0.1, 0.15) is 0 Å². The summed E-state index contributed by atoms with van der Waals surface area (Å²) in [7, 11) is 0. The topological polar surface area (TPSA) is 23.5 Å². The lowest BCUT2D eigenvalue weighted by atomic mass is 9.95. The Morgan fingerprint density at radius 1 is 1.31 bits per heavy atom. The number of β-amino-alcohol motifs (C(OH)–C–C–N with tert-alkyl or cyclic N) is 1. The molecule has 2 rings (SSSR count). The van der Waals surface area contributed by atoms with Crippen molar-refractivity contribution in [3.63, 3.8) is 0 Å². The summed E-state index contributed by atoms with van der Waals surface area (Å²) in [6, 6.07) is 10.4. The number of hydrogen-bond donors (Lipinski definition) is 1. The molecule has 0 aliphatic carbocycles. The van der Waals surface area contributed by atoms with Gasteiger partial charge in [0.05, 0.1) is 6.10 Å². The molecule has 0 radical (unpaired) electrons. The number of hydrogen-bond acceptors (Lipinski definition) is 2. The van der Waals surface area contributed by atoms with E-state index in [9.17, 15) is 5.11 Å². The number of likely N-dealkylation sites (tertiary alicyclic amines) is 1. The number of nitrogens with zero attached hydrogens (tertiary/aromatic N) is 1. The highest BCUT2D eigenvalue weighted by atomic mass is 35.5. The third-order valence-electron chi connectivity index (χ3n) is 3.25. The van der Waals surface area contributed by atoms with Gasteiger partial charge in [0.25, 0.3) is 0 Å². The van der Waals surface area contributed by atoms with Crippen molar-refractivity contribution >= 4 is 11.6 Å². The smallest absolute Gasteiger partial charge is 0.0707 e. The van der Waals surface area contributed by atoms with Crippen molar-refractivity contribution < 1.29 is 5.11 Å². The van der Waals surface area contributed by atoms with E-state index in [0.29, 0.717) is 5.88 Å². The van der Waals surface area contributed by atoms with Crippen LogP contribution in [0.25, 0.3) is 0 Å². The van der Waals surface area contributed by atoms with Gasteiger partial charge >= 0.3 is 0 Å². The Labute approximate surface area is 102 Å². The van der Waals surface area contributed by atoms with Crippen LogP contribution >= 0.6 is 11.6 Å². The third-order valence-corrected chi connectivity index (χ3v) is 3.65. The van der Waals surface area contributed by atoms with Crippen LogP contribution in [0.5, 0.6) is 0 Å². The molecule has 1 N–H and O–H groups in total. The Morgan fingerprint density at radius 2 is 2.06 bits per heavy atom. The molecule has 3 heteroatoms. The molecular weight excluding hydrogens is 222 g/mol. The second-order valence-corrected chi connectivity index (χ2v) is 4.80. The van der Waals surface area contributed by atoms with E-state index in [-0.39, 0.29) is 12.0 Å². The van der Waals surface area contributed by atoms with Gasteiger partial charge in [-0.05, 0) is 18.5 Å². The molecular formula is C13H18ClNO. The number of benzene rings is 1. The lowest BCUT2D eigenvalue weighted by Gasteiger charge is -2.35. The Hall–Kier alpha value is -0.570. The number of aliphatic hydroxyl groups is 1. The number of piperidine rings is 1. The summed E-state index contributed by atoms with van der Waals surface area (Å²) >= 11 is 5.80. The molecule has 1 aliphatic heterocycles. The summed E-state index contributed by atoms with van der Waals surface area (Å²) in [5.74, 6) is 0.842. The van der Waals surface area contributed by atoms with Crippen molar-refractivity contribution in [2.45, 2.75) is 19.1 Å². The van der Waals surface area contributed by atoms with E-state index >= 15 is 0 Å². The van der Waals surface area contributed by atoms with Gasteiger partial charge in [-0.25, -0.2) is 0 Å². The number of halogens is 1. The molecule has 2 atom stereocenters. The average Bonchev–Trinajstić information content (AvgIpc) is 2.31. The summed E-state index contributed by atoms with van der Waals surface area (Å²) < 4.78 is 0. The molecule has 0 aromatic heterocycles. The van der Waals surface area contributed by atoms with Gasteiger partial charge in [0, 0.05) is 24.9 Å². The van der Waals surface area contributed by atoms with Gasteiger partial charge < -0.3 is 5.11 Å². The third kappa shape index (κ3) is 2.97. The zero-order chi connectivity index (χ0) is 11.4. The van der Waals surface area contributed by atoms with E-state index in [1.54, 1.807) is 0 Å². The minimum absolute atomic E-state index is 0.269. The molecule has 0 unspecified atom stereocenters. The maximum absolute atomic E-state index is 9.89. The summed E-state index contributed by atoms with van der Waals surface area (Å²) in [4.78, 5) is 2.29. The summed E-state index contributed by atoms with van der Waals surface area (Å²) in [5, 5.41) is 9.89. The molecule has 0 bridgehead atoms. The normalized spacial score (nSPS) is 26.9. The Balaban J connectivity index is 1.89. The van der Waals surface area contributed by atoms with Gasteiger partial charge in [-0.3, -0.25) is 4.90 Å². The van der Waals surface area contributed by atoms with Crippen LogP contribution in [-0.4, -0.2) is 35.1 Å². The van der Waals surface area contributed by atoms with Gasteiger partial charge in [-0.2, -0.15) is 0 Å². The lowest BCUT2D eigenvalue weighted by molar-refractivity contribution is 0.0273. The highest BCUT2D eigenvalue weighted by molar-refractivity contribution is 6.18. The minimum atomic E-state index is -0.269. The van der Waals surface area contributed by atoms with E-state index in [2.05, 4.69) is 29.2 Å². The fourth-order valence-corrected chi connectivity index (χ4v) is 2.57. The lowest BCUT2D eigenvalue weighted by Crippen LogP contribution is -2.43. The number of rotatable bonds is 3. The van der Waals surface area contributed by atoms with Crippen LogP contribution in [0.3, 0.4) is 0 Å². The molecule has 0 saturated carbocycles. The quantitative estimate of drug-likeness (QED) is 0.817. The van der Waals surface area contributed by atoms with E-state index in [1.807, 2.05) is 6.07 Å². The van der Waals surface area contributed by atoms with Crippen LogP contribution in [0, 0.1) is 5.92 Å². The van der Waals surface area contributed by atoms with Crippen molar-refractivity contribution in [3.8, 4) is 0 Å². The predicted octanol–water partition coefficient (Wildman–Crippen LogP) is 2.11. The zero-order valence-electron chi connectivity index (χ0n) is 9.35. The summed E-state index contributed by atoms with van der Waals surface area (Å²) in [5.41, 5.74) is 1.30. The van der Waals surface area contributed by atoms with Crippen LogP contribution < -0.4 is 0 Å². The predicted molar refractivity (Wildman–Crippen MR) is 66.6 cm³/mol. The first kappa shape index (κ1) is 11.9. The number of aliphatic hydroxyl groups excluding tert-OH is 1. The highest BCUT2D eigenvalue weighted by Gasteiger charge is 2.26. The largest absolute Gasteiger partial charge is 0.391 e. The van der Waals surface area contributed by atoms with Crippen molar-refractivity contribution in [1.29, 1.82) is 0 Å². The first-order chi connectivity index (χ1) is 7.79. The second kappa shape index (κ2) is 5.67. The number of alkyl halides is 1.